The average Bonchev–Trinajstić information content (AvgIpc) is 3.53. The van der Waals surface area contributed by atoms with Crippen molar-refractivity contribution in [1.29, 1.82) is 0 Å². The van der Waals surface area contributed by atoms with Crippen molar-refractivity contribution in [2.75, 3.05) is 15.5 Å². The standard InChI is InChI=1S/C29H27F3N8O4/c30-29(31,32)24-16-22(12-15-25(24)40(43)44)33-28(42)39(23-13-10-20(11-14-23)19-4-2-1-3-5-19)17-18-6-8-21(9-7-18)26(41)34-27-35-37-38-36-27/h4,6-16,40,43H,1-3,5,17H2,(H,33,42)(H2,34,35,36,37,38,41). The average molecular weight is 609 g/mol. The van der Waals surface area contributed by atoms with Gasteiger partial charge in [-0.15, -0.1) is 5.10 Å². The van der Waals surface area contributed by atoms with Crippen molar-refractivity contribution in [2.45, 2.75) is 38.4 Å². The first-order chi connectivity index (χ1) is 21.1. The molecular weight excluding hydrogens is 581 g/mol. The molecule has 0 spiro atoms. The molecule has 0 bridgehead atoms. The maximum atomic E-state index is 13.6. The Kier molecular flexibility index (Phi) is 8.99. The molecule has 1 aliphatic carbocycles. The van der Waals surface area contributed by atoms with Crippen molar-refractivity contribution in [3.63, 3.8) is 0 Å². The van der Waals surface area contributed by atoms with Crippen molar-refractivity contribution >= 4 is 40.5 Å². The van der Waals surface area contributed by atoms with Crippen LogP contribution in [0.25, 0.3) is 5.57 Å². The predicted octanol–water partition coefficient (Wildman–Crippen LogP) is 5.07. The maximum Gasteiger partial charge on any atom is 0.422 e. The van der Waals surface area contributed by atoms with Crippen LogP contribution >= 0.6 is 0 Å². The summed E-state index contributed by atoms with van der Waals surface area (Å²) in [6, 6.07) is 15.4. The number of aromatic nitrogens is 4. The molecule has 44 heavy (non-hydrogen) atoms. The molecule has 1 aliphatic rings. The first kappa shape index (κ1) is 30.3. The third-order valence-electron chi connectivity index (χ3n) is 7.02. The number of urea groups is 1. The van der Waals surface area contributed by atoms with Gasteiger partial charge in [-0.25, -0.2) is 10.0 Å². The fourth-order valence-corrected chi connectivity index (χ4v) is 4.80. The molecule has 3 amide bonds. The van der Waals surface area contributed by atoms with E-state index in [2.05, 4.69) is 37.3 Å². The molecule has 5 N–H and O–H groups in total. The number of H-pyrrole nitrogens is 1. The Morgan fingerprint density at radius 1 is 1.02 bits per heavy atom. The van der Waals surface area contributed by atoms with Crippen LogP contribution in [0.15, 0.2) is 72.8 Å². The Labute approximate surface area is 248 Å². The van der Waals surface area contributed by atoms with Gasteiger partial charge < -0.3 is 10.5 Å². The number of benzene rings is 3. The van der Waals surface area contributed by atoms with E-state index in [4.69, 9.17) is 0 Å². The van der Waals surface area contributed by atoms with Gasteiger partial charge in [0.05, 0.1) is 6.54 Å². The van der Waals surface area contributed by atoms with Gasteiger partial charge in [-0.05, 0) is 84.0 Å². The molecule has 4 aromatic rings. The van der Waals surface area contributed by atoms with E-state index in [0.29, 0.717) is 17.3 Å². The minimum Gasteiger partial charge on any atom is -0.595 e. The van der Waals surface area contributed by atoms with Crippen LogP contribution in [0.2, 0.25) is 0 Å². The van der Waals surface area contributed by atoms with E-state index in [1.807, 2.05) is 12.1 Å². The van der Waals surface area contributed by atoms with Crippen molar-refractivity contribution in [1.82, 2.24) is 20.6 Å². The first-order valence-corrected chi connectivity index (χ1v) is 13.5. The number of carbonyl (C=O) groups is 2. The van der Waals surface area contributed by atoms with Crippen molar-refractivity contribution in [3.8, 4) is 0 Å². The van der Waals surface area contributed by atoms with Gasteiger partial charge in [-0.1, -0.05) is 35.4 Å². The van der Waals surface area contributed by atoms with Crippen LogP contribution in [-0.4, -0.2) is 37.8 Å². The van der Waals surface area contributed by atoms with Crippen LogP contribution < -0.4 is 20.8 Å². The van der Waals surface area contributed by atoms with Crippen LogP contribution in [0, 0.1) is 5.21 Å². The lowest BCUT2D eigenvalue weighted by Crippen LogP contribution is -2.99. The molecule has 0 radical (unpaired) electrons. The highest BCUT2D eigenvalue weighted by Gasteiger charge is 2.37. The van der Waals surface area contributed by atoms with Gasteiger partial charge in [0, 0.05) is 23.0 Å². The summed E-state index contributed by atoms with van der Waals surface area (Å²) in [5, 5.41) is 36.7. The number of tetrazole rings is 1. The Hall–Kier alpha value is -5.12. The first-order valence-electron chi connectivity index (χ1n) is 13.5. The number of carbonyl (C=O) groups excluding carboxylic acids is 2. The summed E-state index contributed by atoms with van der Waals surface area (Å²) in [7, 11) is 0. The van der Waals surface area contributed by atoms with E-state index in [1.165, 1.54) is 10.5 Å². The molecule has 0 saturated heterocycles. The minimum atomic E-state index is -4.95. The summed E-state index contributed by atoms with van der Waals surface area (Å²) in [4.78, 5) is 27.4. The number of alkyl halides is 3. The number of anilines is 3. The molecule has 12 nitrogen and oxygen atoms in total. The normalized spacial score (nSPS) is 14.0. The SMILES string of the molecule is O=C(Nc1nn[nH]n1)c1ccc(CN(C(=O)Nc2ccc([NH+]([O-])O)c(C(F)(F)F)c2)c2ccc(C3=CCCCC3)cc2)cc1. The molecule has 0 fully saturated rings. The second-order valence-corrected chi connectivity index (χ2v) is 9.99. The third kappa shape index (κ3) is 7.26. The highest BCUT2D eigenvalue weighted by Crippen LogP contribution is 2.35. The quantitative estimate of drug-likeness (QED) is 0.174. The largest absolute Gasteiger partial charge is 0.595 e. The van der Waals surface area contributed by atoms with Gasteiger partial charge in [0.1, 0.15) is 5.56 Å². The third-order valence-corrected chi connectivity index (χ3v) is 7.02. The van der Waals surface area contributed by atoms with E-state index in [-0.39, 0.29) is 23.7 Å². The summed E-state index contributed by atoms with van der Waals surface area (Å²) in [5.74, 6) is -0.482. The topological polar surface area (TPSA) is 164 Å². The minimum absolute atomic E-state index is 0.0000450. The molecule has 5 rings (SSSR count). The fraction of sp³-hybridized carbons (Fsp3) is 0.207. The number of amides is 3. The summed E-state index contributed by atoms with van der Waals surface area (Å²) < 4.78 is 40.8. The van der Waals surface area contributed by atoms with Crippen molar-refractivity contribution in [2.24, 2.45) is 0 Å². The molecule has 3 aromatic carbocycles. The molecule has 1 heterocycles. The van der Waals surface area contributed by atoms with Gasteiger partial charge in [-0.2, -0.15) is 23.6 Å². The number of hydrogen-bond acceptors (Lipinski definition) is 7. The summed E-state index contributed by atoms with van der Waals surface area (Å²) in [6.45, 7) is -0.0000450. The van der Waals surface area contributed by atoms with Crippen LogP contribution in [0.4, 0.5) is 41.0 Å². The Balaban J connectivity index is 1.40. The number of quaternary nitrogens is 1. The van der Waals surface area contributed by atoms with E-state index in [9.17, 15) is 33.2 Å². The van der Waals surface area contributed by atoms with Crippen LogP contribution in [0.1, 0.15) is 52.7 Å². The molecule has 1 unspecified atom stereocenters. The van der Waals surface area contributed by atoms with E-state index >= 15 is 0 Å². The number of aromatic amines is 1. The van der Waals surface area contributed by atoms with Gasteiger partial charge >= 0.3 is 12.2 Å². The molecule has 0 aliphatic heterocycles. The number of nitrogens with one attached hydrogen (secondary N) is 4. The van der Waals surface area contributed by atoms with Crippen LogP contribution in [0.3, 0.4) is 0 Å². The fourth-order valence-electron chi connectivity index (χ4n) is 4.80. The highest BCUT2D eigenvalue weighted by atomic mass is 19.4. The van der Waals surface area contributed by atoms with Gasteiger partial charge in [-0.3, -0.25) is 15.0 Å². The zero-order valence-electron chi connectivity index (χ0n) is 23.1. The van der Waals surface area contributed by atoms with Crippen LogP contribution in [-0.2, 0) is 12.7 Å². The van der Waals surface area contributed by atoms with E-state index in [0.717, 1.165) is 43.4 Å². The van der Waals surface area contributed by atoms with E-state index in [1.54, 1.807) is 36.4 Å². The number of rotatable bonds is 8. The van der Waals surface area contributed by atoms with Gasteiger partial charge in [0.2, 0.25) is 0 Å². The van der Waals surface area contributed by atoms with Crippen molar-refractivity contribution < 1.29 is 33.2 Å². The Morgan fingerprint density at radius 3 is 2.39 bits per heavy atom. The molecule has 228 valence electrons. The van der Waals surface area contributed by atoms with Gasteiger partial charge in [0.15, 0.2) is 5.69 Å². The number of hydrogen-bond donors (Lipinski definition) is 5. The van der Waals surface area contributed by atoms with E-state index < -0.39 is 34.6 Å². The molecule has 1 aromatic heterocycles. The van der Waals surface area contributed by atoms with Crippen LogP contribution in [0.5, 0.6) is 0 Å². The number of halogens is 3. The smallest absolute Gasteiger partial charge is 0.422 e. The lowest BCUT2D eigenvalue weighted by molar-refractivity contribution is -0.991. The molecule has 15 heteroatoms. The molecule has 0 saturated carbocycles. The number of allylic oxidation sites excluding steroid dienone is 2. The lowest BCUT2D eigenvalue weighted by Gasteiger charge is -2.25. The zero-order chi connectivity index (χ0) is 31.3. The summed E-state index contributed by atoms with van der Waals surface area (Å²) >= 11 is 0. The Bertz CT molecular complexity index is 1640. The maximum absolute atomic E-state index is 13.6. The lowest BCUT2D eigenvalue weighted by atomic mass is 9.93. The monoisotopic (exact) mass is 608 g/mol. The second kappa shape index (κ2) is 13.0. The predicted molar refractivity (Wildman–Crippen MR) is 154 cm³/mol. The molecular formula is C29H27F3N8O4. The summed E-state index contributed by atoms with van der Waals surface area (Å²) in [5.41, 5.74) is 1.08. The Morgan fingerprint density at radius 2 is 1.77 bits per heavy atom. The zero-order valence-corrected chi connectivity index (χ0v) is 23.1. The number of nitrogens with zero attached hydrogens (tertiary/aromatic N) is 4. The molecule has 1 atom stereocenters. The summed E-state index contributed by atoms with van der Waals surface area (Å²) in [6.07, 6.45) is 1.41. The highest BCUT2D eigenvalue weighted by molar-refractivity contribution is 6.03. The van der Waals surface area contributed by atoms with Gasteiger partial charge in [0.25, 0.3) is 11.9 Å². The van der Waals surface area contributed by atoms with Crippen molar-refractivity contribution in [3.05, 3.63) is 100 Å². The second-order valence-electron chi connectivity index (χ2n) is 9.99.